The summed E-state index contributed by atoms with van der Waals surface area (Å²) in [6.07, 6.45) is 4.23. The van der Waals surface area contributed by atoms with Crippen LogP contribution in [0.3, 0.4) is 0 Å². The Morgan fingerprint density at radius 1 is 1.39 bits per heavy atom. The van der Waals surface area contributed by atoms with Crippen molar-refractivity contribution in [3.8, 4) is 0 Å². The Bertz CT molecular complexity index is 668. The minimum absolute atomic E-state index is 0.241. The fraction of sp³-hybridized carbons (Fsp3) is 0.600. The van der Waals surface area contributed by atoms with Crippen molar-refractivity contribution in [1.29, 1.82) is 0 Å². The Morgan fingerprint density at radius 2 is 2.26 bits per heavy atom. The lowest BCUT2D eigenvalue weighted by Crippen LogP contribution is -2.20. The zero-order valence-corrected chi connectivity index (χ0v) is 14.6. The molecule has 0 saturated carbocycles. The van der Waals surface area contributed by atoms with Crippen LogP contribution in [-0.2, 0) is 17.8 Å². The normalized spacial score (nSPS) is 17.8. The topological polar surface area (TPSA) is 77.8 Å². The Hall–Kier alpha value is -1.51. The third kappa shape index (κ3) is 3.88. The standard InChI is InChI=1S/C15H22N6OS/c1-10-7-17-11(2)14(18-10)23-15-20-19-13(8-16-3)21(15)9-12-5-4-6-22-12/h7,12,16H,4-6,8-9H2,1-3H3. The van der Waals surface area contributed by atoms with Gasteiger partial charge in [0.2, 0.25) is 0 Å². The smallest absolute Gasteiger partial charge is 0.197 e. The van der Waals surface area contributed by atoms with Crippen molar-refractivity contribution in [3.63, 3.8) is 0 Å². The molecule has 1 aliphatic heterocycles. The first kappa shape index (κ1) is 16.4. The Morgan fingerprint density at radius 3 is 3.00 bits per heavy atom. The third-order valence-electron chi connectivity index (χ3n) is 3.76. The lowest BCUT2D eigenvalue weighted by atomic mass is 10.2. The molecule has 1 N–H and O–H groups in total. The number of nitrogens with zero attached hydrogens (tertiary/aromatic N) is 5. The van der Waals surface area contributed by atoms with Gasteiger partial charge in [0.05, 0.1) is 30.6 Å². The minimum Gasteiger partial charge on any atom is -0.376 e. The number of rotatable bonds is 6. The molecular weight excluding hydrogens is 312 g/mol. The number of nitrogens with one attached hydrogen (secondary N) is 1. The van der Waals surface area contributed by atoms with Crippen LogP contribution in [-0.4, -0.2) is 44.5 Å². The van der Waals surface area contributed by atoms with Crippen molar-refractivity contribution in [3.05, 3.63) is 23.4 Å². The highest BCUT2D eigenvalue weighted by molar-refractivity contribution is 7.99. The van der Waals surface area contributed by atoms with Crippen molar-refractivity contribution in [2.45, 2.75) is 56.1 Å². The van der Waals surface area contributed by atoms with Gasteiger partial charge in [-0.2, -0.15) is 0 Å². The fourth-order valence-electron chi connectivity index (χ4n) is 2.56. The lowest BCUT2D eigenvalue weighted by molar-refractivity contribution is 0.0941. The highest BCUT2D eigenvalue weighted by Crippen LogP contribution is 2.28. The van der Waals surface area contributed by atoms with Gasteiger partial charge in [-0.25, -0.2) is 4.98 Å². The number of hydrogen-bond acceptors (Lipinski definition) is 7. The predicted molar refractivity (Wildman–Crippen MR) is 87.4 cm³/mol. The zero-order valence-electron chi connectivity index (χ0n) is 13.7. The Kier molecular flexibility index (Phi) is 5.24. The van der Waals surface area contributed by atoms with Gasteiger partial charge in [0.15, 0.2) is 5.16 Å². The highest BCUT2D eigenvalue weighted by atomic mass is 32.2. The molecule has 1 fully saturated rings. The fourth-order valence-corrected chi connectivity index (χ4v) is 3.49. The summed E-state index contributed by atoms with van der Waals surface area (Å²) >= 11 is 1.52. The van der Waals surface area contributed by atoms with Crippen molar-refractivity contribution >= 4 is 11.8 Å². The second-order valence-corrected chi connectivity index (χ2v) is 6.63. The second-order valence-electron chi connectivity index (χ2n) is 5.68. The molecular formula is C15H22N6OS. The lowest BCUT2D eigenvalue weighted by Gasteiger charge is -2.14. The van der Waals surface area contributed by atoms with Gasteiger partial charge in [0.1, 0.15) is 10.9 Å². The molecule has 3 rings (SSSR count). The van der Waals surface area contributed by atoms with Gasteiger partial charge in [0, 0.05) is 12.8 Å². The van der Waals surface area contributed by atoms with E-state index in [9.17, 15) is 0 Å². The van der Waals surface area contributed by atoms with Crippen LogP contribution in [0, 0.1) is 13.8 Å². The van der Waals surface area contributed by atoms with E-state index < -0.39 is 0 Å². The molecule has 7 nitrogen and oxygen atoms in total. The van der Waals surface area contributed by atoms with Gasteiger partial charge in [-0.05, 0) is 45.5 Å². The molecule has 1 unspecified atom stereocenters. The van der Waals surface area contributed by atoms with Crippen LogP contribution in [0.5, 0.6) is 0 Å². The van der Waals surface area contributed by atoms with E-state index in [1.807, 2.05) is 20.9 Å². The van der Waals surface area contributed by atoms with E-state index in [0.29, 0.717) is 6.54 Å². The van der Waals surface area contributed by atoms with Crippen LogP contribution in [0.2, 0.25) is 0 Å². The first-order valence-corrected chi connectivity index (χ1v) is 8.65. The van der Waals surface area contributed by atoms with E-state index in [0.717, 1.165) is 53.4 Å². The summed E-state index contributed by atoms with van der Waals surface area (Å²) in [5, 5.41) is 13.5. The highest BCUT2D eigenvalue weighted by Gasteiger charge is 2.21. The summed E-state index contributed by atoms with van der Waals surface area (Å²) in [5.74, 6) is 0.920. The van der Waals surface area contributed by atoms with Crippen LogP contribution in [0.15, 0.2) is 16.4 Å². The number of ether oxygens (including phenoxy) is 1. The quantitative estimate of drug-likeness (QED) is 0.862. The maximum atomic E-state index is 5.77. The molecule has 0 spiro atoms. The van der Waals surface area contributed by atoms with E-state index in [4.69, 9.17) is 4.74 Å². The van der Waals surface area contributed by atoms with Crippen LogP contribution in [0.4, 0.5) is 0 Å². The van der Waals surface area contributed by atoms with Crippen molar-refractivity contribution in [2.24, 2.45) is 0 Å². The molecule has 23 heavy (non-hydrogen) atoms. The number of aromatic nitrogens is 5. The summed E-state index contributed by atoms with van der Waals surface area (Å²) in [4.78, 5) is 8.94. The molecule has 3 heterocycles. The van der Waals surface area contributed by atoms with Gasteiger partial charge in [-0.15, -0.1) is 10.2 Å². The van der Waals surface area contributed by atoms with E-state index in [1.165, 1.54) is 11.8 Å². The predicted octanol–water partition coefficient (Wildman–Crippen LogP) is 1.73. The summed E-state index contributed by atoms with van der Waals surface area (Å²) in [6, 6.07) is 0. The van der Waals surface area contributed by atoms with Crippen LogP contribution >= 0.6 is 11.8 Å². The summed E-state index contributed by atoms with van der Waals surface area (Å²) in [6.45, 7) is 6.21. The SMILES string of the molecule is CNCc1nnc(Sc2nc(C)cnc2C)n1CC1CCCO1. The molecule has 1 atom stereocenters. The Balaban J connectivity index is 1.86. The van der Waals surface area contributed by atoms with Crippen molar-refractivity contribution in [2.75, 3.05) is 13.7 Å². The summed E-state index contributed by atoms with van der Waals surface area (Å²) in [5.41, 5.74) is 1.81. The maximum absolute atomic E-state index is 5.77. The average Bonchev–Trinajstić information content (AvgIpc) is 3.16. The van der Waals surface area contributed by atoms with Gasteiger partial charge in [-0.3, -0.25) is 4.98 Å². The second kappa shape index (κ2) is 7.37. The number of hydrogen-bond donors (Lipinski definition) is 1. The van der Waals surface area contributed by atoms with Crippen LogP contribution < -0.4 is 5.32 Å². The van der Waals surface area contributed by atoms with Gasteiger partial charge in [-0.1, -0.05) is 0 Å². The van der Waals surface area contributed by atoms with E-state index in [1.54, 1.807) is 6.20 Å². The van der Waals surface area contributed by atoms with E-state index in [-0.39, 0.29) is 6.10 Å². The van der Waals surface area contributed by atoms with E-state index >= 15 is 0 Å². The molecule has 0 aliphatic carbocycles. The molecule has 1 saturated heterocycles. The number of aryl methyl sites for hydroxylation is 2. The molecule has 0 bridgehead atoms. The molecule has 2 aromatic rings. The largest absolute Gasteiger partial charge is 0.376 e. The molecule has 0 aromatic carbocycles. The third-order valence-corrected chi connectivity index (χ3v) is 4.82. The Labute approximate surface area is 140 Å². The van der Waals surface area contributed by atoms with Crippen molar-refractivity contribution in [1.82, 2.24) is 30.0 Å². The van der Waals surface area contributed by atoms with Gasteiger partial charge < -0.3 is 14.6 Å². The minimum atomic E-state index is 0.241. The van der Waals surface area contributed by atoms with Crippen LogP contribution in [0.1, 0.15) is 30.1 Å². The summed E-state index contributed by atoms with van der Waals surface area (Å²) in [7, 11) is 1.91. The van der Waals surface area contributed by atoms with Crippen LogP contribution in [0.25, 0.3) is 0 Å². The zero-order chi connectivity index (χ0) is 16.2. The maximum Gasteiger partial charge on any atom is 0.197 e. The molecule has 1 aliphatic rings. The van der Waals surface area contributed by atoms with E-state index in [2.05, 4.69) is 30.0 Å². The van der Waals surface area contributed by atoms with Gasteiger partial charge in [0.25, 0.3) is 0 Å². The summed E-state index contributed by atoms with van der Waals surface area (Å²) < 4.78 is 7.91. The monoisotopic (exact) mass is 334 g/mol. The average molecular weight is 334 g/mol. The first-order valence-electron chi connectivity index (χ1n) is 7.83. The molecule has 124 valence electrons. The molecule has 2 aromatic heterocycles. The van der Waals surface area contributed by atoms with Crippen molar-refractivity contribution < 1.29 is 4.74 Å². The first-order chi connectivity index (χ1) is 11.2. The molecule has 8 heteroatoms. The van der Waals surface area contributed by atoms with Gasteiger partial charge >= 0.3 is 0 Å². The molecule has 0 amide bonds. The molecule has 0 radical (unpaired) electrons.